The molecule has 0 amide bonds. The number of para-hydroxylation sites is 2. The highest BCUT2D eigenvalue weighted by Gasteiger charge is 2.20. The third-order valence-corrected chi connectivity index (χ3v) is 8.67. The van der Waals surface area contributed by atoms with Gasteiger partial charge < -0.3 is 0 Å². The predicted octanol–water partition coefficient (Wildman–Crippen LogP) is 12.0. The van der Waals surface area contributed by atoms with E-state index in [0.29, 0.717) is 17.4 Å². The van der Waals surface area contributed by atoms with Crippen molar-refractivity contribution in [3.8, 4) is 39.1 Å². The Kier molecular flexibility index (Phi) is 4.04. The summed E-state index contributed by atoms with van der Waals surface area (Å²) in [6.45, 7) is 2.02. The Balaban J connectivity index is 1.48. The largest absolute Gasteiger partial charge is 0.296 e. The zero-order valence-corrected chi connectivity index (χ0v) is 25.2. The Hall–Kier alpha value is -5.99. The maximum atomic E-state index is 9.47. The van der Waals surface area contributed by atoms with Crippen LogP contribution >= 0.6 is 0 Å². The molecule has 0 aliphatic heterocycles. The van der Waals surface area contributed by atoms with Gasteiger partial charge in [0.05, 0.1) is 34.5 Å². The van der Waals surface area contributed by atoms with E-state index in [9.17, 15) is 5.48 Å². The van der Waals surface area contributed by atoms with Crippen molar-refractivity contribution in [3.05, 3.63) is 169 Å². The zero-order valence-electron chi connectivity index (χ0n) is 38.2. The van der Waals surface area contributed by atoms with Crippen molar-refractivity contribution in [3.63, 3.8) is 0 Å². The van der Waals surface area contributed by atoms with Gasteiger partial charge in [-0.1, -0.05) is 146 Å². The van der Waals surface area contributed by atoms with Gasteiger partial charge in [-0.3, -0.25) is 4.57 Å². The molecular weight excluding hydrogens is 569 g/mol. The van der Waals surface area contributed by atoms with E-state index in [4.69, 9.17) is 17.3 Å². The lowest BCUT2D eigenvalue weighted by Gasteiger charge is -2.20. The second-order valence-electron chi connectivity index (χ2n) is 11.2. The maximum Gasteiger partial charge on any atom is 0.114 e. The third-order valence-electron chi connectivity index (χ3n) is 8.67. The molecule has 0 unspecified atom stereocenters. The fraction of sp³-hybridized carbons (Fsp3) is 0.0444. The van der Waals surface area contributed by atoms with Gasteiger partial charge in [-0.2, -0.15) is 0 Å². The molecule has 9 rings (SSSR count). The van der Waals surface area contributed by atoms with Gasteiger partial charge in [0.2, 0.25) is 0 Å². The van der Waals surface area contributed by atoms with Crippen LogP contribution in [-0.2, 0) is 6.42 Å². The van der Waals surface area contributed by atoms with E-state index in [1.54, 1.807) is 18.2 Å². The van der Waals surface area contributed by atoms with Crippen LogP contribution in [0.15, 0.2) is 163 Å². The van der Waals surface area contributed by atoms with Gasteiger partial charge in [0.25, 0.3) is 0 Å². The number of hydrogen-bond acceptors (Lipinski definition) is 1. The molecule has 0 fully saturated rings. The predicted molar refractivity (Wildman–Crippen MR) is 199 cm³/mol. The molecule has 0 saturated heterocycles. The number of aromatic nitrogens is 2. The van der Waals surface area contributed by atoms with Crippen LogP contribution in [-0.4, -0.2) is 9.55 Å². The lowest BCUT2D eigenvalue weighted by Crippen LogP contribution is -2.01. The lowest BCUT2D eigenvalue weighted by molar-refractivity contribution is 0.913. The molecule has 0 spiro atoms. The van der Waals surface area contributed by atoms with Crippen molar-refractivity contribution in [1.82, 2.24) is 9.55 Å². The van der Waals surface area contributed by atoms with Crippen LogP contribution in [0.25, 0.3) is 82.4 Å². The highest BCUT2D eigenvalue weighted by atomic mass is 15.1. The van der Waals surface area contributed by atoms with E-state index >= 15 is 0 Å². The minimum absolute atomic E-state index is 0.00577. The van der Waals surface area contributed by atoms with E-state index in [-0.39, 0.29) is 49.4 Å². The van der Waals surface area contributed by atoms with Crippen molar-refractivity contribution >= 4 is 43.4 Å². The standard InChI is InChI=1S/C45H32N2/c1-2-43-46-40-25-12-13-26-42(40)47(43)41-28-27-39(33-19-6-7-20-34(33)41)45-37-23-10-8-21-35(37)44(36-22-9-11-24-38(36)45)32-18-14-17-31(29-32)30-15-4-3-5-16-30/h3-29H,2H2,1H3/i3D,4D,5D,8D,9D,10D,11D,15D,16D,21D,22D,23D,24D. The summed E-state index contributed by atoms with van der Waals surface area (Å²) in [5.74, 6) is 0.823. The first-order chi connectivity index (χ1) is 28.7. The van der Waals surface area contributed by atoms with Gasteiger partial charge >= 0.3 is 0 Å². The molecule has 0 saturated carbocycles. The summed E-state index contributed by atoms with van der Waals surface area (Å²) < 4.78 is 117. The molecule has 0 N–H and O–H groups in total. The van der Waals surface area contributed by atoms with Gasteiger partial charge in [-0.15, -0.1) is 0 Å². The molecule has 2 heteroatoms. The van der Waals surface area contributed by atoms with E-state index in [0.717, 1.165) is 27.9 Å². The fourth-order valence-corrected chi connectivity index (χ4v) is 6.69. The molecule has 0 atom stereocenters. The van der Waals surface area contributed by atoms with E-state index in [2.05, 4.69) is 4.57 Å². The monoisotopic (exact) mass is 613 g/mol. The summed E-state index contributed by atoms with van der Waals surface area (Å²) in [6.07, 6.45) is 0.630. The quantitative estimate of drug-likeness (QED) is 0.177. The summed E-state index contributed by atoms with van der Waals surface area (Å²) in [5, 5.41) is 1.48. The molecule has 8 aromatic carbocycles. The van der Waals surface area contributed by atoms with Gasteiger partial charge in [-0.05, 0) is 84.6 Å². The van der Waals surface area contributed by atoms with Gasteiger partial charge in [0.1, 0.15) is 5.82 Å². The number of fused-ring (bicyclic) bond motifs is 4. The molecule has 1 aromatic heterocycles. The second-order valence-corrected chi connectivity index (χ2v) is 11.2. The highest BCUT2D eigenvalue weighted by molar-refractivity contribution is 6.24. The molecule has 0 aliphatic rings. The summed E-state index contributed by atoms with van der Waals surface area (Å²) >= 11 is 0. The Labute approximate surface area is 292 Å². The third kappa shape index (κ3) is 4.37. The minimum Gasteiger partial charge on any atom is -0.296 e. The summed E-state index contributed by atoms with van der Waals surface area (Å²) in [5.41, 5.74) is 3.61. The second kappa shape index (κ2) is 11.1. The molecule has 2 nitrogen and oxygen atoms in total. The van der Waals surface area contributed by atoms with Gasteiger partial charge in [-0.25, -0.2) is 4.98 Å². The SMILES string of the molecule is [2H]c1c([2H])c([2H])c(-c2cccc(-c3c4c([2H])c([2H])c([2H])c([2H])c4c(-c4ccc(-n5c(CC)nc6ccccc65)c5ccccc45)c4c([2H])c([2H])c([2H])c([2H])c34)c2)c([2H])c1[2H]. The van der Waals surface area contributed by atoms with Crippen LogP contribution in [0.4, 0.5) is 0 Å². The summed E-state index contributed by atoms with van der Waals surface area (Å²) in [6, 6.07) is 18.9. The first kappa shape index (κ1) is 17.1. The number of benzene rings is 8. The Morgan fingerprint density at radius 1 is 0.532 bits per heavy atom. The first-order valence-corrected chi connectivity index (χ1v) is 15.3. The van der Waals surface area contributed by atoms with Gasteiger partial charge in [0.15, 0.2) is 0 Å². The molecule has 1 heterocycles. The Bertz CT molecular complexity index is 3250. The zero-order chi connectivity index (χ0) is 42.6. The van der Waals surface area contributed by atoms with Crippen molar-refractivity contribution in [1.29, 1.82) is 0 Å². The normalized spacial score (nSPS) is 15.5. The Morgan fingerprint density at radius 2 is 1.15 bits per heavy atom. The number of hydrogen-bond donors (Lipinski definition) is 0. The highest BCUT2D eigenvalue weighted by Crippen LogP contribution is 2.46. The van der Waals surface area contributed by atoms with E-state index < -0.39 is 78.6 Å². The lowest BCUT2D eigenvalue weighted by atomic mass is 9.84. The van der Waals surface area contributed by atoms with Crippen molar-refractivity contribution < 1.29 is 17.8 Å². The molecule has 0 bridgehead atoms. The Morgan fingerprint density at radius 3 is 1.87 bits per heavy atom. The molecule has 0 aliphatic carbocycles. The summed E-state index contributed by atoms with van der Waals surface area (Å²) in [7, 11) is 0. The van der Waals surface area contributed by atoms with E-state index in [1.165, 1.54) is 6.07 Å². The number of imidazole rings is 1. The number of rotatable bonds is 5. The molecule has 222 valence electrons. The fourth-order valence-electron chi connectivity index (χ4n) is 6.69. The number of nitrogens with zero attached hydrogens (tertiary/aromatic N) is 2. The summed E-state index contributed by atoms with van der Waals surface area (Å²) in [4.78, 5) is 4.89. The topological polar surface area (TPSA) is 17.8 Å². The maximum absolute atomic E-state index is 9.47. The van der Waals surface area contributed by atoms with Crippen LogP contribution < -0.4 is 0 Å². The van der Waals surface area contributed by atoms with Crippen LogP contribution in [0, 0.1) is 0 Å². The van der Waals surface area contributed by atoms with Crippen LogP contribution in [0.1, 0.15) is 30.6 Å². The smallest absolute Gasteiger partial charge is 0.114 e. The first-order valence-electron chi connectivity index (χ1n) is 21.8. The van der Waals surface area contributed by atoms with E-state index in [1.807, 2.05) is 67.6 Å². The molecular formula is C45H32N2. The minimum atomic E-state index is -0.561. The average Bonchev–Trinajstić information content (AvgIpc) is 3.64. The molecule has 47 heavy (non-hydrogen) atoms. The average molecular weight is 614 g/mol. The number of aryl methyl sites for hydroxylation is 1. The van der Waals surface area contributed by atoms with Crippen molar-refractivity contribution in [2.24, 2.45) is 0 Å². The van der Waals surface area contributed by atoms with Crippen molar-refractivity contribution in [2.75, 3.05) is 0 Å². The van der Waals surface area contributed by atoms with Crippen LogP contribution in [0.3, 0.4) is 0 Å². The van der Waals surface area contributed by atoms with Gasteiger partial charge in [0, 0.05) is 11.8 Å². The van der Waals surface area contributed by atoms with Crippen molar-refractivity contribution in [2.45, 2.75) is 13.3 Å². The van der Waals surface area contributed by atoms with Crippen LogP contribution in [0.2, 0.25) is 0 Å². The molecule has 0 radical (unpaired) electrons. The molecule has 9 aromatic rings. The van der Waals surface area contributed by atoms with Crippen LogP contribution in [0.5, 0.6) is 0 Å².